The maximum absolute atomic E-state index is 12.2. The Hall–Kier alpha value is -1.55. The molecule has 1 aliphatic heterocycles. The van der Waals surface area contributed by atoms with E-state index in [9.17, 15) is 4.79 Å². The minimum Gasteiger partial charge on any atom is -0.480 e. The molecule has 0 aliphatic carbocycles. The number of para-hydroxylation sites is 1. The first-order valence-electron chi connectivity index (χ1n) is 7.85. The predicted molar refractivity (Wildman–Crippen MR) is 84.6 cm³/mol. The summed E-state index contributed by atoms with van der Waals surface area (Å²) in [6.45, 7) is 8.96. The van der Waals surface area contributed by atoms with E-state index in [1.54, 1.807) is 0 Å². The second-order valence-corrected chi connectivity index (χ2v) is 5.98. The Bertz CT molecular complexity index is 470. The first-order chi connectivity index (χ1) is 10.1. The van der Waals surface area contributed by atoms with Crippen LogP contribution in [0.3, 0.4) is 0 Å². The van der Waals surface area contributed by atoms with E-state index in [-0.39, 0.29) is 5.91 Å². The summed E-state index contributed by atoms with van der Waals surface area (Å²) in [6.07, 6.45) is 0.249. The Morgan fingerprint density at radius 1 is 1.38 bits per heavy atom. The highest BCUT2D eigenvalue weighted by atomic mass is 16.5. The fourth-order valence-electron chi connectivity index (χ4n) is 2.39. The molecule has 1 aromatic carbocycles. The number of carbonyl (C=O) groups excluding carboxylic acids is 1. The van der Waals surface area contributed by atoms with Crippen molar-refractivity contribution in [2.24, 2.45) is 5.92 Å². The Labute approximate surface area is 127 Å². The summed E-state index contributed by atoms with van der Waals surface area (Å²) in [4.78, 5) is 12.2. The molecule has 4 heteroatoms. The Kier molecular flexibility index (Phi) is 5.62. The summed E-state index contributed by atoms with van der Waals surface area (Å²) in [7, 11) is 0. The summed E-state index contributed by atoms with van der Waals surface area (Å²) in [6, 6.07) is 7.96. The highest BCUT2D eigenvalue weighted by molar-refractivity contribution is 5.81. The molecule has 2 rings (SSSR count). The third kappa shape index (κ3) is 4.21. The molecular weight excluding hydrogens is 264 g/mol. The molecule has 1 unspecified atom stereocenters. The third-order valence-corrected chi connectivity index (χ3v) is 3.90. The van der Waals surface area contributed by atoms with Gasteiger partial charge < -0.3 is 15.4 Å². The maximum Gasteiger partial charge on any atom is 0.261 e. The Morgan fingerprint density at radius 2 is 2.10 bits per heavy atom. The van der Waals surface area contributed by atoms with E-state index in [1.165, 1.54) is 0 Å². The Morgan fingerprint density at radius 3 is 2.67 bits per heavy atom. The van der Waals surface area contributed by atoms with Gasteiger partial charge in [-0.2, -0.15) is 0 Å². The monoisotopic (exact) mass is 290 g/mol. The molecule has 1 saturated heterocycles. The van der Waals surface area contributed by atoms with Crippen LogP contribution in [0.15, 0.2) is 24.3 Å². The van der Waals surface area contributed by atoms with Gasteiger partial charge in [-0.1, -0.05) is 39.0 Å². The Balaban J connectivity index is 1.96. The van der Waals surface area contributed by atoms with Crippen LogP contribution < -0.4 is 15.4 Å². The van der Waals surface area contributed by atoms with Crippen LogP contribution in [-0.2, 0) is 4.79 Å². The van der Waals surface area contributed by atoms with Crippen molar-refractivity contribution in [2.45, 2.75) is 39.2 Å². The highest BCUT2D eigenvalue weighted by Gasteiger charge is 2.23. The lowest BCUT2D eigenvalue weighted by Crippen LogP contribution is -2.50. The summed E-state index contributed by atoms with van der Waals surface area (Å²) in [5, 5.41) is 6.21. The lowest BCUT2D eigenvalue weighted by Gasteiger charge is -2.28. The smallest absolute Gasteiger partial charge is 0.261 e. The standard InChI is InChI=1S/C17H26N2O2/c1-4-15(17(20)19-11-13-9-18-10-13)21-16-8-6-5-7-14(16)12(2)3/h5-8,12-13,15,18H,4,9-11H2,1-3H3,(H,19,20). The van der Waals surface area contributed by atoms with Gasteiger partial charge in [0.2, 0.25) is 0 Å². The summed E-state index contributed by atoms with van der Waals surface area (Å²) >= 11 is 0. The zero-order chi connectivity index (χ0) is 15.2. The van der Waals surface area contributed by atoms with E-state index in [2.05, 4.69) is 30.5 Å². The van der Waals surface area contributed by atoms with Gasteiger partial charge >= 0.3 is 0 Å². The van der Waals surface area contributed by atoms with Crippen molar-refractivity contribution in [1.29, 1.82) is 0 Å². The number of hydrogen-bond donors (Lipinski definition) is 2. The van der Waals surface area contributed by atoms with E-state index >= 15 is 0 Å². The highest BCUT2D eigenvalue weighted by Crippen LogP contribution is 2.27. The van der Waals surface area contributed by atoms with Gasteiger partial charge in [0.25, 0.3) is 5.91 Å². The first-order valence-corrected chi connectivity index (χ1v) is 7.85. The number of hydrogen-bond acceptors (Lipinski definition) is 3. The fourth-order valence-corrected chi connectivity index (χ4v) is 2.39. The molecule has 0 saturated carbocycles. The number of nitrogens with one attached hydrogen (secondary N) is 2. The molecule has 1 amide bonds. The van der Waals surface area contributed by atoms with E-state index in [1.807, 2.05) is 25.1 Å². The van der Waals surface area contributed by atoms with Gasteiger partial charge in [0.15, 0.2) is 6.10 Å². The topological polar surface area (TPSA) is 50.4 Å². The molecule has 116 valence electrons. The number of rotatable bonds is 7. The van der Waals surface area contributed by atoms with Crippen molar-refractivity contribution in [2.75, 3.05) is 19.6 Å². The van der Waals surface area contributed by atoms with Crippen molar-refractivity contribution < 1.29 is 9.53 Å². The molecular formula is C17H26N2O2. The molecule has 1 heterocycles. The summed E-state index contributed by atoms with van der Waals surface area (Å²) in [5.74, 6) is 1.75. The van der Waals surface area contributed by atoms with Crippen molar-refractivity contribution in [3.8, 4) is 5.75 Å². The maximum atomic E-state index is 12.2. The third-order valence-electron chi connectivity index (χ3n) is 3.90. The minimum atomic E-state index is -0.419. The van der Waals surface area contributed by atoms with Gasteiger partial charge in [0.05, 0.1) is 0 Å². The zero-order valence-corrected chi connectivity index (χ0v) is 13.2. The van der Waals surface area contributed by atoms with E-state index in [4.69, 9.17) is 4.74 Å². The van der Waals surface area contributed by atoms with Gasteiger partial charge in [-0.15, -0.1) is 0 Å². The lowest BCUT2D eigenvalue weighted by molar-refractivity contribution is -0.128. The molecule has 1 aliphatic rings. The summed E-state index contributed by atoms with van der Waals surface area (Å²) in [5.41, 5.74) is 1.15. The van der Waals surface area contributed by atoms with Crippen LogP contribution in [0.2, 0.25) is 0 Å². The van der Waals surface area contributed by atoms with Gasteiger partial charge in [0.1, 0.15) is 5.75 Å². The summed E-state index contributed by atoms with van der Waals surface area (Å²) < 4.78 is 5.97. The average molecular weight is 290 g/mol. The van der Waals surface area contributed by atoms with E-state index in [0.717, 1.165) is 30.9 Å². The van der Waals surface area contributed by atoms with E-state index < -0.39 is 6.10 Å². The average Bonchev–Trinajstić information content (AvgIpc) is 2.43. The van der Waals surface area contributed by atoms with Crippen molar-refractivity contribution >= 4 is 5.91 Å². The lowest BCUT2D eigenvalue weighted by atomic mass is 10.0. The fraction of sp³-hybridized carbons (Fsp3) is 0.588. The molecule has 0 radical (unpaired) electrons. The van der Waals surface area contributed by atoms with Crippen LogP contribution in [0.5, 0.6) is 5.75 Å². The minimum absolute atomic E-state index is 0.0111. The zero-order valence-electron chi connectivity index (χ0n) is 13.2. The van der Waals surface area contributed by atoms with Crippen molar-refractivity contribution in [3.05, 3.63) is 29.8 Å². The molecule has 4 nitrogen and oxygen atoms in total. The van der Waals surface area contributed by atoms with E-state index in [0.29, 0.717) is 18.3 Å². The quantitative estimate of drug-likeness (QED) is 0.810. The van der Waals surface area contributed by atoms with Crippen molar-refractivity contribution in [3.63, 3.8) is 0 Å². The van der Waals surface area contributed by atoms with Crippen LogP contribution >= 0.6 is 0 Å². The van der Waals surface area contributed by atoms with Gasteiger partial charge in [-0.3, -0.25) is 4.79 Å². The van der Waals surface area contributed by atoms with Crippen LogP contribution in [0.1, 0.15) is 38.7 Å². The number of amides is 1. The van der Waals surface area contributed by atoms with Crippen LogP contribution in [0.25, 0.3) is 0 Å². The first kappa shape index (κ1) is 15.8. The molecule has 1 fully saturated rings. The van der Waals surface area contributed by atoms with Crippen molar-refractivity contribution in [1.82, 2.24) is 10.6 Å². The molecule has 0 bridgehead atoms. The molecule has 1 aromatic rings. The van der Waals surface area contributed by atoms with Crippen LogP contribution in [0.4, 0.5) is 0 Å². The molecule has 2 N–H and O–H groups in total. The molecule has 0 spiro atoms. The van der Waals surface area contributed by atoms with Gasteiger partial charge in [-0.05, 0) is 24.0 Å². The predicted octanol–water partition coefficient (Wildman–Crippen LogP) is 2.30. The molecule has 1 atom stereocenters. The number of benzene rings is 1. The normalized spacial score (nSPS) is 16.4. The van der Waals surface area contributed by atoms with Gasteiger partial charge in [0, 0.05) is 25.6 Å². The van der Waals surface area contributed by atoms with Crippen LogP contribution in [-0.4, -0.2) is 31.6 Å². The second-order valence-electron chi connectivity index (χ2n) is 5.98. The number of carbonyl (C=O) groups is 1. The SMILES string of the molecule is CCC(Oc1ccccc1C(C)C)C(=O)NCC1CNC1. The molecule has 0 aromatic heterocycles. The van der Waals surface area contributed by atoms with Crippen LogP contribution in [0, 0.1) is 5.92 Å². The largest absolute Gasteiger partial charge is 0.480 e. The molecule has 21 heavy (non-hydrogen) atoms. The second kappa shape index (κ2) is 7.46. The number of ether oxygens (including phenoxy) is 1. The van der Waals surface area contributed by atoms with Gasteiger partial charge in [-0.25, -0.2) is 0 Å².